The van der Waals surface area contributed by atoms with Crippen LogP contribution in [0.4, 0.5) is 0 Å². The first-order chi connectivity index (χ1) is 12.3. The molecule has 0 aliphatic heterocycles. The van der Waals surface area contributed by atoms with Gasteiger partial charge in [0.1, 0.15) is 0 Å². The van der Waals surface area contributed by atoms with E-state index in [0.717, 1.165) is 11.8 Å². The summed E-state index contributed by atoms with van der Waals surface area (Å²) in [4.78, 5) is 0. The minimum Gasteiger partial charge on any atom is -1.00 e. The Morgan fingerprint density at radius 3 is 1.20 bits per heavy atom. The molecule has 0 aromatic heterocycles. The summed E-state index contributed by atoms with van der Waals surface area (Å²) in [5.74, 6) is 2.14. The molecule has 2 atom stereocenters. The van der Waals surface area contributed by atoms with Crippen LogP contribution >= 0.6 is 0 Å². The number of unbranched alkanes of at least 4 members (excludes halogenated alkanes) is 8. The van der Waals surface area contributed by atoms with E-state index in [-0.39, 0.29) is 1.43 Å². The number of hydrogen-bond acceptors (Lipinski definition) is 0. The van der Waals surface area contributed by atoms with Crippen molar-refractivity contribution in [2.45, 2.75) is 141 Å². The van der Waals surface area contributed by atoms with Gasteiger partial charge in [0.05, 0.1) is 0 Å². The molecule has 0 aromatic rings. The Bertz CT molecular complexity index is 220. The van der Waals surface area contributed by atoms with Gasteiger partial charge in [0.25, 0.3) is 0 Å². The standard InChI is InChI=1S/2C12H25.Al.H/c2*1-4-6-8-9-11-12(3)10-7-5-2;;/h2*12H,3-11H2,1-2H3;;/q;;+1;-1. The number of hydrogen-bond donors (Lipinski definition) is 0. The second-order valence-corrected chi connectivity index (χ2v) is 10.00. The summed E-state index contributed by atoms with van der Waals surface area (Å²) in [5, 5.41) is 3.20. The van der Waals surface area contributed by atoms with Gasteiger partial charge in [0.15, 0.2) is 0 Å². The first-order valence-electron chi connectivity index (χ1n) is 12.1. The Morgan fingerprint density at radius 1 is 0.480 bits per heavy atom. The average molecular weight is 367 g/mol. The minimum atomic E-state index is 0. The topological polar surface area (TPSA) is 0 Å². The summed E-state index contributed by atoms with van der Waals surface area (Å²) in [6, 6.07) is 0. The third-order valence-electron chi connectivity index (χ3n) is 5.86. The van der Waals surface area contributed by atoms with Crippen molar-refractivity contribution < 1.29 is 1.43 Å². The van der Waals surface area contributed by atoms with E-state index in [1.54, 1.807) is 10.6 Å². The maximum absolute atomic E-state index is 2.36. The molecule has 0 aromatic carbocycles. The molecular formula is C24H51Al. The van der Waals surface area contributed by atoms with Crippen LogP contribution in [0.1, 0.15) is 132 Å². The summed E-state index contributed by atoms with van der Waals surface area (Å²) < 4.78 is 0. The molecule has 0 heterocycles. The molecule has 0 bridgehead atoms. The smallest absolute Gasteiger partial charge is 1.00 e. The fourth-order valence-electron chi connectivity index (χ4n) is 4.03. The fourth-order valence-corrected chi connectivity index (χ4v) is 6.11. The van der Waals surface area contributed by atoms with Gasteiger partial charge < -0.3 is 1.43 Å². The Labute approximate surface area is 169 Å². The van der Waals surface area contributed by atoms with Crippen LogP contribution in [-0.4, -0.2) is 15.2 Å². The molecule has 2 unspecified atom stereocenters. The zero-order chi connectivity index (χ0) is 18.6. The van der Waals surface area contributed by atoms with Crippen molar-refractivity contribution in [2.75, 3.05) is 0 Å². The van der Waals surface area contributed by atoms with E-state index in [9.17, 15) is 0 Å². The molecule has 0 saturated heterocycles. The van der Waals surface area contributed by atoms with Crippen molar-refractivity contribution in [1.29, 1.82) is 0 Å². The van der Waals surface area contributed by atoms with Crippen molar-refractivity contribution in [3.63, 3.8) is 0 Å². The SMILES string of the molecule is CCCCCCC(CCCC)[CH2][Al+][CH2]C(CCCC)CCCCCC.[H-]. The van der Waals surface area contributed by atoms with Gasteiger partial charge >= 0.3 is 168 Å². The van der Waals surface area contributed by atoms with Crippen molar-refractivity contribution >= 4 is 15.2 Å². The molecule has 0 spiro atoms. The van der Waals surface area contributed by atoms with Crippen LogP contribution in [0.2, 0.25) is 10.6 Å². The summed E-state index contributed by atoms with van der Waals surface area (Å²) in [5.41, 5.74) is 0. The molecule has 0 radical (unpaired) electrons. The summed E-state index contributed by atoms with van der Waals surface area (Å²) in [6.07, 6.45) is 23.4. The fraction of sp³-hybridized carbons (Fsp3) is 1.00. The second-order valence-electron chi connectivity index (χ2n) is 8.48. The largest absolute Gasteiger partial charge is 1.00 e. The molecule has 0 saturated carbocycles. The van der Waals surface area contributed by atoms with Gasteiger partial charge in [0, 0.05) is 0 Å². The van der Waals surface area contributed by atoms with Crippen molar-refractivity contribution in [1.82, 2.24) is 0 Å². The summed E-state index contributed by atoms with van der Waals surface area (Å²) >= 11 is 0.711. The van der Waals surface area contributed by atoms with E-state index in [0.29, 0.717) is 15.2 Å². The summed E-state index contributed by atoms with van der Waals surface area (Å²) in [7, 11) is 0. The molecule has 0 aliphatic rings. The van der Waals surface area contributed by atoms with E-state index in [1.807, 2.05) is 0 Å². The Morgan fingerprint density at radius 2 is 0.840 bits per heavy atom. The van der Waals surface area contributed by atoms with Crippen molar-refractivity contribution in [2.24, 2.45) is 11.8 Å². The van der Waals surface area contributed by atoms with Gasteiger partial charge in [-0.3, -0.25) is 0 Å². The van der Waals surface area contributed by atoms with Gasteiger partial charge in [-0.2, -0.15) is 0 Å². The third kappa shape index (κ3) is 17.7. The van der Waals surface area contributed by atoms with Gasteiger partial charge in [-0.1, -0.05) is 0 Å². The molecule has 25 heavy (non-hydrogen) atoms. The normalized spacial score (nSPS) is 13.6. The van der Waals surface area contributed by atoms with Gasteiger partial charge in [-0.05, 0) is 0 Å². The monoisotopic (exact) mass is 366 g/mol. The molecule has 0 aliphatic carbocycles. The van der Waals surface area contributed by atoms with Gasteiger partial charge in [-0.25, -0.2) is 0 Å². The van der Waals surface area contributed by atoms with Crippen LogP contribution in [0.15, 0.2) is 0 Å². The quantitative estimate of drug-likeness (QED) is 0.149. The molecule has 1 heteroatoms. The summed E-state index contributed by atoms with van der Waals surface area (Å²) in [6.45, 7) is 9.38. The van der Waals surface area contributed by atoms with E-state index < -0.39 is 0 Å². The zero-order valence-corrected chi connectivity index (χ0v) is 19.6. The molecule has 0 N–H and O–H groups in total. The van der Waals surface area contributed by atoms with Gasteiger partial charge in [0.2, 0.25) is 0 Å². The Hall–Kier alpha value is 0.532. The predicted molar refractivity (Wildman–Crippen MR) is 120 cm³/mol. The van der Waals surface area contributed by atoms with E-state index in [2.05, 4.69) is 27.7 Å². The second kappa shape index (κ2) is 20.8. The maximum Gasteiger partial charge on any atom is -1.00 e. The predicted octanol–water partition coefficient (Wildman–Crippen LogP) is 9.19. The molecular weight excluding hydrogens is 315 g/mol. The van der Waals surface area contributed by atoms with Crippen LogP contribution in [0.3, 0.4) is 0 Å². The van der Waals surface area contributed by atoms with E-state index in [4.69, 9.17) is 0 Å². The molecule has 0 fully saturated rings. The molecule has 150 valence electrons. The minimum absolute atomic E-state index is 0. The zero-order valence-electron chi connectivity index (χ0n) is 19.5. The van der Waals surface area contributed by atoms with Crippen LogP contribution in [0.25, 0.3) is 0 Å². The van der Waals surface area contributed by atoms with Crippen LogP contribution in [0.5, 0.6) is 0 Å². The molecule has 0 amide bonds. The van der Waals surface area contributed by atoms with Crippen LogP contribution < -0.4 is 0 Å². The molecule has 0 nitrogen and oxygen atoms in total. The van der Waals surface area contributed by atoms with E-state index >= 15 is 0 Å². The first kappa shape index (κ1) is 25.5. The Kier molecular flexibility index (Phi) is 21.3. The molecule has 0 rings (SSSR count). The van der Waals surface area contributed by atoms with Crippen LogP contribution in [-0.2, 0) is 0 Å². The van der Waals surface area contributed by atoms with E-state index in [1.165, 1.54) is 103 Å². The third-order valence-corrected chi connectivity index (χ3v) is 7.86. The average Bonchev–Trinajstić information content (AvgIpc) is 2.63. The Balaban J connectivity index is 0. The number of rotatable bonds is 20. The van der Waals surface area contributed by atoms with Crippen molar-refractivity contribution in [3.05, 3.63) is 0 Å². The van der Waals surface area contributed by atoms with Crippen LogP contribution in [0, 0.1) is 11.8 Å². The van der Waals surface area contributed by atoms with Gasteiger partial charge in [-0.15, -0.1) is 0 Å². The first-order valence-corrected chi connectivity index (χ1v) is 13.7. The maximum atomic E-state index is 2.36. The van der Waals surface area contributed by atoms with Crippen molar-refractivity contribution in [3.8, 4) is 0 Å².